The zero-order chi connectivity index (χ0) is 26.8. The van der Waals surface area contributed by atoms with Gasteiger partial charge < -0.3 is 9.47 Å². The monoisotopic (exact) mass is 514 g/mol. The molecule has 0 unspecified atom stereocenters. The fourth-order valence-corrected chi connectivity index (χ4v) is 3.95. The Morgan fingerprint density at radius 1 is 0.974 bits per heavy atom. The molecule has 5 rings (SSSR count). The Balaban J connectivity index is 1.39. The van der Waals surface area contributed by atoms with E-state index in [4.69, 9.17) is 9.47 Å². The van der Waals surface area contributed by atoms with Gasteiger partial charge in [0.1, 0.15) is 29.0 Å². The highest BCUT2D eigenvalue weighted by Gasteiger charge is 2.19. The number of benzene rings is 2. The summed E-state index contributed by atoms with van der Waals surface area (Å²) in [4.78, 5) is 38.8. The molecule has 0 aliphatic heterocycles. The number of aryl methyl sites for hydroxylation is 1. The van der Waals surface area contributed by atoms with E-state index in [2.05, 4.69) is 15.0 Å². The van der Waals surface area contributed by atoms with E-state index in [9.17, 15) is 18.4 Å². The maximum absolute atomic E-state index is 15.0. The fourth-order valence-electron chi connectivity index (χ4n) is 3.95. The van der Waals surface area contributed by atoms with Crippen molar-refractivity contribution in [3.8, 4) is 22.9 Å². The second-order valence-electron chi connectivity index (χ2n) is 8.38. The summed E-state index contributed by atoms with van der Waals surface area (Å²) >= 11 is 0. The lowest BCUT2D eigenvalue weighted by molar-refractivity contribution is 0.0990. The molecule has 0 bridgehead atoms. The topological polar surface area (TPSA) is 96.2 Å². The second-order valence-corrected chi connectivity index (χ2v) is 8.38. The second kappa shape index (κ2) is 10.2. The van der Waals surface area contributed by atoms with Crippen LogP contribution in [0.5, 0.6) is 17.2 Å². The van der Waals surface area contributed by atoms with E-state index in [1.807, 2.05) is 0 Å². The Morgan fingerprint density at radius 3 is 2.50 bits per heavy atom. The van der Waals surface area contributed by atoms with Crippen LogP contribution in [0, 0.1) is 18.6 Å². The minimum atomic E-state index is -0.694. The molecule has 0 fully saturated rings. The largest absolute Gasteiger partial charge is 0.495 e. The average molecular weight is 514 g/mol. The van der Waals surface area contributed by atoms with Crippen molar-refractivity contribution in [1.29, 1.82) is 0 Å². The van der Waals surface area contributed by atoms with Gasteiger partial charge in [0.15, 0.2) is 23.1 Å². The van der Waals surface area contributed by atoms with Gasteiger partial charge in [-0.3, -0.25) is 19.1 Å². The zero-order valence-corrected chi connectivity index (χ0v) is 20.3. The molecule has 0 saturated carbocycles. The molecule has 8 nitrogen and oxygen atoms in total. The van der Waals surface area contributed by atoms with Gasteiger partial charge in [0, 0.05) is 24.8 Å². The van der Waals surface area contributed by atoms with Gasteiger partial charge in [-0.1, -0.05) is 6.07 Å². The van der Waals surface area contributed by atoms with Crippen molar-refractivity contribution in [2.45, 2.75) is 13.3 Å². The van der Waals surface area contributed by atoms with Crippen LogP contribution in [0.3, 0.4) is 0 Å². The Hall–Kier alpha value is -4.99. The average Bonchev–Trinajstić information content (AvgIpc) is 2.91. The molecule has 38 heavy (non-hydrogen) atoms. The standard InChI is InChI=1S/C28H20F2N4O4/c1-16-26(28(36)34(15-33-16)19-6-4-18(29)5-7-19)23(35)12-17-3-8-24(21(30)11-17)38-25-9-10-31-22-13-20(37-2)14-32-27(22)25/h3-11,13-15H,12H2,1-2H3. The number of hydrogen-bond acceptors (Lipinski definition) is 7. The molecule has 3 heterocycles. The summed E-state index contributed by atoms with van der Waals surface area (Å²) in [5.41, 5.74) is 1.18. The summed E-state index contributed by atoms with van der Waals surface area (Å²) in [5.74, 6) is -0.921. The van der Waals surface area contributed by atoms with E-state index >= 15 is 0 Å². The van der Waals surface area contributed by atoms with Gasteiger partial charge in [0.05, 0.1) is 30.2 Å². The van der Waals surface area contributed by atoms with Crippen molar-refractivity contribution in [2.24, 2.45) is 0 Å². The predicted octanol–water partition coefficient (Wildman–Crippen LogP) is 4.99. The molecule has 0 saturated heterocycles. The number of halogens is 2. The summed E-state index contributed by atoms with van der Waals surface area (Å²) < 4.78 is 40.4. The number of fused-ring (bicyclic) bond motifs is 1. The van der Waals surface area contributed by atoms with Crippen molar-refractivity contribution >= 4 is 16.8 Å². The van der Waals surface area contributed by atoms with Gasteiger partial charge in [0.2, 0.25) is 0 Å². The SMILES string of the molecule is COc1cnc2c(Oc3ccc(CC(=O)c4c(C)ncn(-c5ccc(F)cc5)c4=O)cc3F)ccnc2c1. The summed E-state index contributed by atoms with van der Waals surface area (Å²) in [6, 6.07) is 12.6. The van der Waals surface area contributed by atoms with Gasteiger partial charge in [0.25, 0.3) is 5.56 Å². The highest BCUT2D eigenvalue weighted by atomic mass is 19.1. The number of methoxy groups -OCH3 is 1. The number of Topliss-reactive ketones (excluding diaryl/α,β-unsaturated/α-hetero) is 1. The third kappa shape index (κ3) is 4.83. The van der Waals surface area contributed by atoms with Crippen molar-refractivity contribution < 1.29 is 23.0 Å². The molecule has 0 N–H and O–H groups in total. The Labute approximate surface area is 215 Å². The van der Waals surface area contributed by atoms with Crippen LogP contribution in [0.25, 0.3) is 16.7 Å². The first-order valence-electron chi connectivity index (χ1n) is 11.5. The van der Waals surface area contributed by atoms with E-state index < -0.39 is 23.0 Å². The summed E-state index contributed by atoms with van der Waals surface area (Å²) in [7, 11) is 1.52. The molecule has 0 amide bonds. The Kier molecular flexibility index (Phi) is 6.61. The highest BCUT2D eigenvalue weighted by molar-refractivity contribution is 5.98. The molecule has 2 aromatic carbocycles. The maximum Gasteiger partial charge on any atom is 0.269 e. The first-order chi connectivity index (χ1) is 18.3. The lowest BCUT2D eigenvalue weighted by Crippen LogP contribution is -2.28. The first-order valence-corrected chi connectivity index (χ1v) is 11.5. The summed E-state index contributed by atoms with van der Waals surface area (Å²) in [6.07, 6.45) is 4.06. The highest BCUT2D eigenvalue weighted by Crippen LogP contribution is 2.31. The van der Waals surface area contributed by atoms with Crippen LogP contribution in [-0.2, 0) is 6.42 Å². The van der Waals surface area contributed by atoms with Crippen LogP contribution in [0.4, 0.5) is 8.78 Å². The number of ketones is 1. The number of carbonyl (C=O) groups is 1. The summed E-state index contributed by atoms with van der Waals surface area (Å²) in [6.45, 7) is 1.55. The van der Waals surface area contributed by atoms with E-state index in [1.165, 1.54) is 66.8 Å². The van der Waals surface area contributed by atoms with Crippen LogP contribution < -0.4 is 15.0 Å². The summed E-state index contributed by atoms with van der Waals surface area (Å²) in [5, 5.41) is 0. The normalized spacial score (nSPS) is 10.9. The minimum Gasteiger partial charge on any atom is -0.495 e. The quantitative estimate of drug-likeness (QED) is 0.282. The molecule has 190 valence electrons. The first kappa shape index (κ1) is 24.7. The third-order valence-electron chi connectivity index (χ3n) is 5.88. The number of aromatic nitrogens is 4. The third-order valence-corrected chi connectivity index (χ3v) is 5.88. The Bertz CT molecular complexity index is 1740. The van der Waals surface area contributed by atoms with Crippen LogP contribution in [0.15, 0.2) is 78.1 Å². The molecular weight excluding hydrogens is 494 g/mol. The molecule has 0 aliphatic carbocycles. The van der Waals surface area contributed by atoms with E-state index in [-0.39, 0.29) is 23.4 Å². The predicted molar refractivity (Wildman–Crippen MR) is 135 cm³/mol. The number of rotatable bonds is 7. The van der Waals surface area contributed by atoms with Gasteiger partial charge in [-0.2, -0.15) is 0 Å². The maximum atomic E-state index is 15.0. The molecule has 10 heteroatoms. The smallest absolute Gasteiger partial charge is 0.269 e. The number of hydrogen-bond donors (Lipinski definition) is 0. The minimum absolute atomic E-state index is 0.0671. The lowest BCUT2D eigenvalue weighted by Gasteiger charge is -2.11. The van der Waals surface area contributed by atoms with E-state index in [0.29, 0.717) is 33.8 Å². The van der Waals surface area contributed by atoms with Crippen LogP contribution in [0.2, 0.25) is 0 Å². The van der Waals surface area contributed by atoms with E-state index in [0.717, 1.165) is 0 Å². The number of nitrogens with zero attached hydrogens (tertiary/aromatic N) is 4. The van der Waals surface area contributed by atoms with Gasteiger partial charge in [-0.05, 0) is 48.9 Å². The molecule has 0 atom stereocenters. The molecule has 0 radical (unpaired) electrons. The van der Waals surface area contributed by atoms with Crippen molar-refractivity contribution in [3.63, 3.8) is 0 Å². The van der Waals surface area contributed by atoms with Crippen LogP contribution in [0.1, 0.15) is 21.6 Å². The Morgan fingerprint density at radius 2 is 1.76 bits per heavy atom. The van der Waals surface area contributed by atoms with Gasteiger partial charge >= 0.3 is 0 Å². The lowest BCUT2D eigenvalue weighted by atomic mass is 10.0. The van der Waals surface area contributed by atoms with Crippen LogP contribution in [-0.4, -0.2) is 32.4 Å². The number of ether oxygens (including phenoxy) is 2. The zero-order valence-electron chi connectivity index (χ0n) is 20.3. The van der Waals surface area contributed by atoms with Crippen molar-refractivity contribution in [3.05, 3.63) is 112 Å². The molecule has 5 aromatic rings. The fraction of sp³-hybridized carbons (Fsp3) is 0.107. The number of pyridine rings is 2. The molecule has 3 aromatic heterocycles. The molecule has 0 aliphatic rings. The van der Waals surface area contributed by atoms with E-state index in [1.54, 1.807) is 25.1 Å². The van der Waals surface area contributed by atoms with Crippen molar-refractivity contribution in [2.75, 3.05) is 7.11 Å². The van der Waals surface area contributed by atoms with Gasteiger partial charge in [-0.25, -0.2) is 18.7 Å². The molecule has 0 spiro atoms. The number of carbonyl (C=O) groups excluding carboxylic acids is 1. The molecular formula is C28H20F2N4O4. The van der Waals surface area contributed by atoms with Crippen molar-refractivity contribution in [1.82, 2.24) is 19.5 Å². The van der Waals surface area contributed by atoms with Gasteiger partial charge in [-0.15, -0.1) is 0 Å². The van der Waals surface area contributed by atoms with Crippen LogP contribution >= 0.6 is 0 Å².